The summed E-state index contributed by atoms with van der Waals surface area (Å²) in [7, 11) is 0. The normalized spacial score (nSPS) is 11.9. The first-order chi connectivity index (χ1) is 25.6. The molecule has 0 spiro atoms. The summed E-state index contributed by atoms with van der Waals surface area (Å²) in [5.74, 6) is 0. The third-order valence-electron chi connectivity index (χ3n) is 9.70. The number of hydrogen-bond donors (Lipinski definition) is 0. The van der Waals surface area contributed by atoms with Gasteiger partial charge in [0.25, 0.3) is 0 Å². The van der Waals surface area contributed by atoms with Gasteiger partial charge in [-0.25, -0.2) is 19.9 Å². The van der Waals surface area contributed by atoms with Crippen LogP contribution in [0.25, 0.3) is 90.4 Å². The minimum absolute atomic E-state index is 0.901. The third kappa shape index (κ3) is 6.01. The maximum absolute atomic E-state index is 5.24. The van der Waals surface area contributed by atoms with Gasteiger partial charge in [0.1, 0.15) is 0 Å². The van der Waals surface area contributed by atoms with E-state index in [4.69, 9.17) is 19.9 Å². The van der Waals surface area contributed by atoms with Crippen LogP contribution in [0.4, 0.5) is 0 Å². The summed E-state index contributed by atoms with van der Waals surface area (Å²) in [6.45, 7) is 4.31. The van der Waals surface area contributed by atoms with Crippen molar-refractivity contribution >= 4 is 67.9 Å². The number of hydrogen-bond acceptors (Lipinski definition) is 4. The van der Waals surface area contributed by atoms with Gasteiger partial charge in [-0.05, 0) is 84.7 Å². The first-order valence-electron chi connectivity index (χ1n) is 17.6. The van der Waals surface area contributed by atoms with E-state index in [1.54, 1.807) is 0 Å². The Morgan fingerprint density at radius 3 is 1.10 bits per heavy atom. The molecule has 4 aromatic heterocycles. The minimum Gasteiger partial charge on any atom is -0.246 e. The highest BCUT2D eigenvalue weighted by Gasteiger charge is 2.14. The summed E-state index contributed by atoms with van der Waals surface area (Å²) in [5.41, 5.74) is 14.0. The molecule has 0 atom stereocenters. The van der Waals surface area contributed by atoms with Crippen molar-refractivity contribution < 1.29 is 0 Å². The van der Waals surface area contributed by atoms with Crippen molar-refractivity contribution in [2.24, 2.45) is 0 Å². The molecule has 0 aliphatic heterocycles. The Balaban J connectivity index is 1.08. The van der Waals surface area contributed by atoms with Crippen molar-refractivity contribution in [3.63, 3.8) is 0 Å². The zero-order chi connectivity index (χ0) is 35.0. The molecule has 5 aromatic carbocycles. The lowest BCUT2D eigenvalue weighted by Gasteiger charge is -2.14. The van der Waals surface area contributed by atoms with Gasteiger partial charge in [-0.1, -0.05) is 121 Å². The Morgan fingerprint density at radius 1 is 0.346 bits per heavy atom. The largest absolute Gasteiger partial charge is 0.246 e. The molecule has 4 heteroatoms. The van der Waals surface area contributed by atoms with E-state index in [2.05, 4.69) is 147 Å². The Hall–Kier alpha value is -6.78. The smallest absolute Gasteiger partial charge is 0.0972 e. The van der Waals surface area contributed by atoms with Crippen molar-refractivity contribution in [3.05, 3.63) is 179 Å². The van der Waals surface area contributed by atoms with Crippen molar-refractivity contribution in [2.75, 3.05) is 0 Å². The summed E-state index contributed by atoms with van der Waals surface area (Å²) < 4.78 is 0. The van der Waals surface area contributed by atoms with E-state index in [0.29, 0.717) is 0 Å². The monoisotopic (exact) mass is 666 g/mol. The third-order valence-corrected chi connectivity index (χ3v) is 9.70. The molecule has 0 saturated carbocycles. The molecule has 0 aliphatic carbocycles. The zero-order valence-electron chi connectivity index (χ0n) is 29.0. The van der Waals surface area contributed by atoms with Gasteiger partial charge in [-0.3, -0.25) is 0 Å². The van der Waals surface area contributed by atoms with Crippen LogP contribution in [-0.2, 0) is 0 Å². The lowest BCUT2D eigenvalue weighted by Crippen LogP contribution is -1.95. The summed E-state index contributed by atoms with van der Waals surface area (Å²) in [6, 6.07) is 50.5. The Kier molecular flexibility index (Phi) is 7.90. The highest BCUT2D eigenvalue weighted by molar-refractivity contribution is 6.05. The first-order valence-corrected chi connectivity index (χ1v) is 17.6. The van der Waals surface area contributed by atoms with Gasteiger partial charge < -0.3 is 0 Å². The van der Waals surface area contributed by atoms with Crippen molar-refractivity contribution in [1.29, 1.82) is 0 Å². The molecule has 0 aliphatic rings. The Labute approximate surface area is 302 Å². The molecule has 0 N–H and O–H groups in total. The van der Waals surface area contributed by atoms with E-state index in [1.807, 2.05) is 36.4 Å². The molecule has 4 nitrogen and oxygen atoms in total. The molecule has 0 amide bonds. The summed E-state index contributed by atoms with van der Waals surface area (Å²) in [5, 5.41) is 4.28. The molecular weight excluding hydrogens is 633 g/mol. The van der Waals surface area contributed by atoms with E-state index >= 15 is 0 Å². The molecule has 4 heterocycles. The van der Waals surface area contributed by atoms with Crippen LogP contribution in [0, 0.1) is 13.8 Å². The molecule has 52 heavy (non-hydrogen) atoms. The van der Waals surface area contributed by atoms with Gasteiger partial charge in [0.2, 0.25) is 0 Å². The standard InChI is InChI=1S/C48H34N4/c1-31-29-42(44-28-22-38-18-16-36-20-26-40(50-46(36)48(38)52-44)24-14-34-11-7-4-8-12-34)32(2)30-41(31)43-27-21-37-17-15-35-19-25-39(49-45(35)47(37)51-43)23-13-33-9-5-3-6-10-33/h3-30H,1-2H3. The van der Waals surface area contributed by atoms with Gasteiger partial charge in [0.05, 0.1) is 44.8 Å². The fourth-order valence-electron chi connectivity index (χ4n) is 6.91. The number of aryl methyl sites for hydroxylation is 2. The van der Waals surface area contributed by atoms with Gasteiger partial charge in [-0.15, -0.1) is 0 Å². The SMILES string of the molecule is Cc1cc(-c2ccc3ccc4ccc(C=Cc5ccccc5)nc4c3n2)c(C)cc1-c1ccc2ccc3ccc(C=Cc4ccccc4)nc3c2n1. The molecule has 0 radical (unpaired) electrons. The van der Waals surface area contributed by atoms with Crippen LogP contribution in [0.5, 0.6) is 0 Å². The second-order valence-electron chi connectivity index (χ2n) is 13.3. The van der Waals surface area contributed by atoms with Crippen LogP contribution in [-0.4, -0.2) is 19.9 Å². The van der Waals surface area contributed by atoms with E-state index in [9.17, 15) is 0 Å². The van der Waals surface area contributed by atoms with Crippen LogP contribution >= 0.6 is 0 Å². The van der Waals surface area contributed by atoms with Crippen molar-refractivity contribution in [1.82, 2.24) is 19.9 Å². The van der Waals surface area contributed by atoms with Crippen LogP contribution in [0.15, 0.2) is 146 Å². The molecule has 246 valence electrons. The highest BCUT2D eigenvalue weighted by Crippen LogP contribution is 2.34. The average molecular weight is 667 g/mol. The van der Waals surface area contributed by atoms with Gasteiger partial charge in [0, 0.05) is 32.7 Å². The van der Waals surface area contributed by atoms with Crippen LogP contribution < -0.4 is 0 Å². The van der Waals surface area contributed by atoms with Crippen molar-refractivity contribution in [3.8, 4) is 22.5 Å². The predicted octanol–water partition coefficient (Wildman–Crippen LogP) is 12.2. The Bertz CT molecular complexity index is 2660. The topological polar surface area (TPSA) is 51.6 Å². The summed E-state index contributed by atoms with van der Waals surface area (Å²) in [4.78, 5) is 20.6. The molecule has 0 unspecified atom stereocenters. The first kappa shape index (κ1) is 31.2. The predicted molar refractivity (Wildman–Crippen MR) is 219 cm³/mol. The van der Waals surface area contributed by atoms with Crippen LogP contribution in [0.2, 0.25) is 0 Å². The van der Waals surface area contributed by atoms with Crippen LogP contribution in [0.3, 0.4) is 0 Å². The molecule has 9 aromatic rings. The quantitative estimate of drug-likeness (QED) is 0.166. The Morgan fingerprint density at radius 2 is 0.692 bits per heavy atom. The van der Waals surface area contributed by atoms with Gasteiger partial charge in [0.15, 0.2) is 0 Å². The number of fused-ring (bicyclic) bond motifs is 6. The van der Waals surface area contributed by atoms with E-state index in [-0.39, 0.29) is 0 Å². The van der Waals surface area contributed by atoms with E-state index in [1.165, 1.54) is 0 Å². The summed E-state index contributed by atoms with van der Waals surface area (Å²) >= 11 is 0. The van der Waals surface area contributed by atoms with E-state index < -0.39 is 0 Å². The number of nitrogens with zero attached hydrogens (tertiary/aromatic N) is 4. The number of rotatable bonds is 6. The maximum atomic E-state index is 5.24. The average Bonchev–Trinajstić information content (AvgIpc) is 3.20. The molecule has 0 fully saturated rings. The maximum Gasteiger partial charge on any atom is 0.0972 e. The highest BCUT2D eigenvalue weighted by atomic mass is 14.8. The minimum atomic E-state index is 0.901. The molecule has 0 saturated heterocycles. The molecule has 9 rings (SSSR count). The summed E-state index contributed by atoms with van der Waals surface area (Å²) in [6.07, 6.45) is 8.31. The fourth-order valence-corrected chi connectivity index (χ4v) is 6.91. The fraction of sp³-hybridized carbons (Fsp3) is 0.0417. The lowest BCUT2D eigenvalue weighted by molar-refractivity contribution is 1.30. The lowest BCUT2D eigenvalue weighted by atomic mass is 9.95. The number of aromatic nitrogens is 4. The van der Waals surface area contributed by atoms with Gasteiger partial charge in [-0.2, -0.15) is 0 Å². The number of pyridine rings is 4. The molecule has 0 bridgehead atoms. The van der Waals surface area contributed by atoms with Crippen LogP contribution in [0.1, 0.15) is 33.6 Å². The zero-order valence-corrected chi connectivity index (χ0v) is 29.0. The van der Waals surface area contributed by atoms with Crippen molar-refractivity contribution in [2.45, 2.75) is 13.8 Å². The molecular formula is C48H34N4. The number of benzene rings is 5. The second-order valence-corrected chi connectivity index (χ2v) is 13.3. The van der Waals surface area contributed by atoms with Gasteiger partial charge >= 0.3 is 0 Å². The van der Waals surface area contributed by atoms with E-state index in [0.717, 1.165) is 99.8 Å². The second kappa shape index (κ2) is 13.2.